The molecule has 1 aromatic carbocycles. The molecule has 0 spiro atoms. The highest BCUT2D eigenvalue weighted by Crippen LogP contribution is 2.24. The highest BCUT2D eigenvalue weighted by molar-refractivity contribution is 7.99. The number of benzene rings is 1. The van der Waals surface area contributed by atoms with Gasteiger partial charge < -0.3 is 14.6 Å². The molecule has 0 aliphatic heterocycles. The molecule has 0 atom stereocenters. The van der Waals surface area contributed by atoms with Crippen LogP contribution in [0.25, 0.3) is 11.4 Å². The van der Waals surface area contributed by atoms with Gasteiger partial charge in [-0.2, -0.15) is 0 Å². The second-order valence-electron chi connectivity index (χ2n) is 6.96. The molecule has 7 nitrogen and oxygen atoms in total. The molecule has 3 aromatic rings. The minimum absolute atomic E-state index is 0.0459. The van der Waals surface area contributed by atoms with Crippen molar-refractivity contribution in [2.75, 3.05) is 12.9 Å². The third kappa shape index (κ3) is 5.80. The van der Waals surface area contributed by atoms with Gasteiger partial charge >= 0.3 is 0 Å². The fourth-order valence-electron chi connectivity index (χ4n) is 2.76. The number of hydrogen-bond acceptors (Lipinski definition) is 6. The molecule has 1 amide bonds. The third-order valence-corrected chi connectivity index (χ3v) is 5.15. The smallest absolute Gasteiger partial charge is 0.230 e. The maximum atomic E-state index is 12.3. The molecule has 0 aliphatic rings. The first-order valence-corrected chi connectivity index (χ1v) is 10.4. The van der Waals surface area contributed by atoms with Gasteiger partial charge in [-0.25, -0.2) is 0 Å². The van der Waals surface area contributed by atoms with E-state index in [1.165, 1.54) is 11.8 Å². The van der Waals surface area contributed by atoms with Gasteiger partial charge in [0, 0.05) is 31.0 Å². The lowest BCUT2D eigenvalue weighted by atomic mass is 10.2. The highest BCUT2D eigenvalue weighted by atomic mass is 32.2. The zero-order valence-electron chi connectivity index (χ0n) is 16.8. The molecule has 0 fully saturated rings. The number of thioether (sulfide) groups is 1. The van der Waals surface area contributed by atoms with Crippen LogP contribution in [0.1, 0.15) is 19.4 Å². The topological polar surface area (TPSA) is 81.9 Å². The summed E-state index contributed by atoms with van der Waals surface area (Å²) >= 11 is 1.40. The van der Waals surface area contributed by atoms with Crippen molar-refractivity contribution in [3.63, 3.8) is 0 Å². The maximum absolute atomic E-state index is 12.3. The summed E-state index contributed by atoms with van der Waals surface area (Å²) in [5, 5.41) is 12.3. The van der Waals surface area contributed by atoms with Gasteiger partial charge in [0.15, 0.2) is 11.0 Å². The van der Waals surface area contributed by atoms with E-state index in [1.54, 1.807) is 19.5 Å². The number of nitrogens with one attached hydrogen (secondary N) is 1. The molecule has 29 heavy (non-hydrogen) atoms. The molecular weight excluding hydrogens is 386 g/mol. The van der Waals surface area contributed by atoms with Gasteiger partial charge in [-0.1, -0.05) is 37.7 Å². The minimum Gasteiger partial charge on any atom is -0.497 e. The second kappa shape index (κ2) is 10.1. The molecule has 2 aromatic heterocycles. The first-order chi connectivity index (χ1) is 14.1. The Morgan fingerprint density at radius 1 is 1.14 bits per heavy atom. The van der Waals surface area contributed by atoms with Gasteiger partial charge in [0.1, 0.15) is 5.75 Å². The number of nitrogens with zero attached hydrogens (tertiary/aromatic N) is 4. The van der Waals surface area contributed by atoms with Crippen LogP contribution in [-0.4, -0.2) is 38.5 Å². The molecule has 8 heteroatoms. The molecule has 0 unspecified atom stereocenters. The molecule has 0 radical (unpaired) electrons. The average molecular weight is 412 g/mol. The Morgan fingerprint density at radius 3 is 2.52 bits per heavy atom. The number of methoxy groups -OCH3 is 1. The summed E-state index contributed by atoms with van der Waals surface area (Å²) in [5.41, 5.74) is 1.98. The number of ether oxygens (including phenoxy) is 1. The van der Waals surface area contributed by atoms with Gasteiger partial charge in [0.05, 0.1) is 12.9 Å². The largest absolute Gasteiger partial charge is 0.497 e. The fraction of sp³-hybridized carbons (Fsp3) is 0.333. The molecule has 0 bridgehead atoms. The van der Waals surface area contributed by atoms with E-state index in [2.05, 4.69) is 38.9 Å². The van der Waals surface area contributed by atoms with Crippen LogP contribution >= 0.6 is 11.8 Å². The zero-order chi connectivity index (χ0) is 20.6. The summed E-state index contributed by atoms with van der Waals surface area (Å²) < 4.78 is 7.22. The van der Waals surface area contributed by atoms with Gasteiger partial charge in [-0.15, -0.1) is 10.2 Å². The molecular formula is C21H25N5O2S. The average Bonchev–Trinajstić information content (AvgIpc) is 3.13. The number of carbonyl (C=O) groups excluding carboxylic acids is 1. The fourth-order valence-corrected chi connectivity index (χ4v) is 3.54. The molecule has 0 saturated carbocycles. The number of amides is 1. The summed E-state index contributed by atoms with van der Waals surface area (Å²) in [4.78, 5) is 16.4. The van der Waals surface area contributed by atoms with Crippen LogP contribution in [0, 0.1) is 5.92 Å². The van der Waals surface area contributed by atoms with Crippen LogP contribution < -0.4 is 10.1 Å². The van der Waals surface area contributed by atoms with Crippen molar-refractivity contribution in [1.82, 2.24) is 25.1 Å². The summed E-state index contributed by atoms with van der Waals surface area (Å²) in [6.45, 7) is 5.55. The van der Waals surface area contributed by atoms with Crippen LogP contribution in [-0.2, 0) is 17.9 Å². The maximum Gasteiger partial charge on any atom is 0.230 e. The van der Waals surface area contributed by atoms with Crippen LogP contribution in [0.15, 0.2) is 53.9 Å². The SMILES string of the molecule is COc1ccc(CNC(=O)CSc2nnc(-c3ccncc3)n2CC(C)C)cc1. The van der Waals surface area contributed by atoms with Crippen LogP contribution in [0.4, 0.5) is 0 Å². The highest BCUT2D eigenvalue weighted by Gasteiger charge is 2.16. The van der Waals surface area contributed by atoms with Crippen molar-refractivity contribution in [3.8, 4) is 17.1 Å². The summed E-state index contributed by atoms with van der Waals surface area (Å²) in [6.07, 6.45) is 3.48. The number of carbonyl (C=O) groups is 1. The normalized spacial score (nSPS) is 10.9. The standard InChI is InChI=1S/C21H25N5O2S/c1-15(2)13-26-20(17-8-10-22-11-9-17)24-25-21(26)29-14-19(27)23-12-16-4-6-18(28-3)7-5-16/h4-11,15H,12-14H2,1-3H3,(H,23,27). The van der Waals surface area contributed by atoms with E-state index in [1.807, 2.05) is 36.4 Å². The second-order valence-corrected chi connectivity index (χ2v) is 7.90. The monoisotopic (exact) mass is 411 g/mol. The lowest BCUT2D eigenvalue weighted by Crippen LogP contribution is -2.24. The summed E-state index contributed by atoms with van der Waals surface area (Å²) in [7, 11) is 1.63. The van der Waals surface area contributed by atoms with Gasteiger partial charge in [-0.05, 0) is 35.7 Å². The number of rotatable bonds is 9. The number of pyridine rings is 1. The summed E-state index contributed by atoms with van der Waals surface area (Å²) in [6, 6.07) is 11.5. The van der Waals surface area contributed by atoms with E-state index in [-0.39, 0.29) is 11.7 Å². The molecule has 152 valence electrons. The van der Waals surface area contributed by atoms with Crippen molar-refractivity contribution >= 4 is 17.7 Å². The number of aromatic nitrogens is 4. The molecule has 0 saturated heterocycles. The van der Waals surface area contributed by atoms with E-state index < -0.39 is 0 Å². The van der Waals surface area contributed by atoms with Crippen LogP contribution in [0.3, 0.4) is 0 Å². The first kappa shape index (κ1) is 20.9. The van der Waals surface area contributed by atoms with Gasteiger partial charge in [0.25, 0.3) is 0 Å². The minimum atomic E-state index is -0.0459. The van der Waals surface area contributed by atoms with Gasteiger partial charge in [-0.3, -0.25) is 9.78 Å². The van der Waals surface area contributed by atoms with Crippen molar-refractivity contribution in [1.29, 1.82) is 0 Å². The summed E-state index contributed by atoms with van der Waals surface area (Å²) in [5.74, 6) is 2.25. The molecule has 0 aliphatic carbocycles. The van der Waals surface area contributed by atoms with Crippen molar-refractivity contribution in [3.05, 3.63) is 54.4 Å². The zero-order valence-corrected chi connectivity index (χ0v) is 17.6. The van der Waals surface area contributed by atoms with Crippen LogP contribution in [0.2, 0.25) is 0 Å². The van der Waals surface area contributed by atoms with Gasteiger partial charge in [0.2, 0.25) is 5.91 Å². The third-order valence-electron chi connectivity index (χ3n) is 4.18. The Hall–Kier alpha value is -2.87. The van der Waals surface area contributed by atoms with E-state index in [0.29, 0.717) is 12.5 Å². The lowest BCUT2D eigenvalue weighted by molar-refractivity contribution is -0.118. The molecule has 1 N–H and O–H groups in total. The lowest BCUT2D eigenvalue weighted by Gasteiger charge is -2.12. The van der Waals surface area contributed by atoms with Crippen LogP contribution in [0.5, 0.6) is 5.75 Å². The Balaban J connectivity index is 1.61. The quantitative estimate of drug-likeness (QED) is 0.544. The molecule has 3 rings (SSSR count). The van der Waals surface area contributed by atoms with Crippen molar-refractivity contribution < 1.29 is 9.53 Å². The number of hydrogen-bond donors (Lipinski definition) is 1. The predicted molar refractivity (Wildman–Crippen MR) is 114 cm³/mol. The van der Waals surface area contributed by atoms with E-state index >= 15 is 0 Å². The Morgan fingerprint density at radius 2 is 1.86 bits per heavy atom. The van der Waals surface area contributed by atoms with E-state index in [0.717, 1.165) is 34.4 Å². The Bertz CT molecular complexity index is 926. The Kier molecular flexibility index (Phi) is 7.24. The Labute approximate surface area is 174 Å². The van der Waals surface area contributed by atoms with E-state index in [9.17, 15) is 4.79 Å². The first-order valence-electron chi connectivity index (χ1n) is 9.43. The molecule has 2 heterocycles. The predicted octanol–water partition coefficient (Wildman–Crippen LogP) is 3.41. The van der Waals surface area contributed by atoms with Crippen molar-refractivity contribution in [2.45, 2.75) is 32.1 Å². The van der Waals surface area contributed by atoms with E-state index in [4.69, 9.17) is 4.74 Å². The van der Waals surface area contributed by atoms with Crippen molar-refractivity contribution in [2.24, 2.45) is 5.92 Å².